The van der Waals surface area contributed by atoms with Gasteiger partial charge in [-0.05, 0) is 42.7 Å². The molecule has 3 aromatic rings. The van der Waals surface area contributed by atoms with Gasteiger partial charge in [0.15, 0.2) is 0 Å². The quantitative estimate of drug-likeness (QED) is 0.771. The van der Waals surface area contributed by atoms with Crippen LogP contribution in [0.1, 0.15) is 18.4 Å². The lowest BCUT2D eigenvalue weighted by atomic mass is 9.97. The molecule has 2 aromatic carbocycles. The van der Waals surface area contributed by atoms with E-state index in [1.807, 2.05) is 25.2 Å². The van der Waals surface area contributed by atoms with Crippen molar-refractivity contribution in [2.45, 2.75) is 19.4 Å². The molecule has 4 rings (SSSR count). The highest BCUT2D eigenvalue weighted by Crippen LogP contribution is 2.26. The summed E-state index contributed by atoms with van der Waals surface area (Å²) in [4.78, 5) is 19.6. The summed E-state index contributed by atoms with van der Waals surface area (Å²) in [5.41, 5.74) is 2.96. The van der Waals surface area contributed by atoms with Crippen LogP contribution >= 0.6 is 0 Å². The summed E-state index contributed by atoms with van der Waals surface area (Å²) in [5.74, 6) is 0.615. The fourth-order valence-electron chi connectivity index (χ4n) is 3.72. The summed E-state index contributed by atoms with van der Waals surface area (Å²) in [5, 5.41) is 2.99. The van der Waals surface area contributed by atoms with Gasteiger partial charge in [-0.3, -0.25) is 4.79 Å². The minimum absolute atomic E-state index is 0.0442. The van der Waals surface area contributed by atoms with E-state index in [2.05, 4.69) is 20.9 Å². The van der Waals surface area contributed by atoms with E-state index in [0.29, 0.717) is 13.1 Å². The van der Waals surface area contributed by atoms with Crippen LogP contribution in [0.3, 0.4) is 0 Å². The van der Waals surface area contributed by atoms with Crippen LogP contribution < -0.4 is 10.2 Å². The molecule has 1 aromatic heterocycles. The van der Waals surface area contributed by atoms with Crippen molar-refractivity contribution in [2.75, 3.05) is 18.0 Å². The van der Waals surface area contributed by atoms with Gasteiger partial charge in [-0.1, -0.05) is 24.3 Å². The van der Waals surface area contributed by atoms with Gasteiger partial charge in [0.1, 0.15) is 5.82 Å². The molecular formula is C21H23FN4O. The highest BCUT2D eigenvalue weighted by molar-refractivity contribution is 5.81. The Kier molecular flexibility index (Phi) is 4.79. The third-order valence-corrected chi connectivity index (χ3v) is 5.22. The first-order chi connectivity index (χ1) is 13.1. The summed E-state index contributed by atoms with van der Waals surface area (Å²) in [6, 6.07) is 14.3. The van der Waals surface area contributed by atoms with E-state index in [0.717, 1.165) is 41.9 Å². The lowest BCUT2D eigenvalue weighted by molar-refractivity contribution is -0.125. The second kappa shape index (κ2) is 7.39. The number of benzene rings is 2. The van der Waals surface area contributed by atoms with E-state index in [1.54, 1.807) is 12.1 Å². The molecule has 0 aliphatic carbocycles. The second-order valence-electron chi connectivity index (χ2n) is 7.09. The summed E-state index contributed by atoms with van der Waals surface area (Å²) in [7, 11) is 2.02. The molecule has 0 spiro atoms. The maximum atomic E-state index is 13.0. The highest BCUT2D eigenvalue weighted by atomic mass is 19.1. The molecule has 0 unspecified atom stereocenters. The number of para-hydroxylation sites is 2. The number of nitrogens with zero attached hydrogens (tertiary/aromatic N) is 3. The van der Waals surface area contributed by atoms with Crippen LogP contribution in [0, 0.1) is 11.7 Å². The van der Waals surface area contributed by atoms with Crippen LogP contribution in [0.5, 0.6) is 0 Å². The van der Waals surface area contributed by atoms with Crippen LogP contribution in [0.15, 0.2) is 48.5 Å². The first kappa shape index (κ1) is 17.5. The SMILES string of the molecule is Cn1c(N2CCC[C@H](C(=O)NCc3ccc(F)cc3)C2)nc2ccccc21. The molecular weight excluding hydrogens is 343 g/mol. The van der Waals surface area contributed by atoms with Crippen molar-refractivity contribution in [3.63, 3.8) is 0 Å². The molecule has 0 saturated carbocycles. The number of carbonyl (C=O) groups excluding carboxylic acids is 1. The van der Waals surface area contributed by atoms with E-state index in [4.69, 9.17) is 4.98 Å². The molecule has 1 saturated heterocycles. The van der Waals surface area contributed by atoms with Gasteiger partial charge in [0, 0.05) is 26.7 Å². The average molecular weight is 366 g/mol. The third kappa shape index (κ3) is 3.65. The number of fused-ring (bicyclic) bond motifs is 1. The average Bonchev–Trinajstić information content (AvgIpc) is 3.04. The van der Waals surface area contributed by atoms with Gasteiger partial charge < -0.3 is 14.8 Å². The van der Waals surface area contributed by atoms with E-state index in [-0.39, 0.29) is 17.6 Å². The molecule has 1 N–H and O–H groups in total. The Labute approximate surface area is 157 Å². The molecule has 1 fully saturated rings. The Balaban J connectivity index is 1.43. The smallest absolute Gasteiger partial charge is 0.225 e. The summed E-state index contributed by atoms with van der Waals surface area (Å²) in [6.07, 6.45) is 1.83. The van der Waals surface area contributed by atoms with Crippen molar-refractivity contribution >= 4 is 22.9 Å². The number of piperidine rings is 1. The third-order valence-electron chi connectivity index (χ3n) is 5.22. The zero-order chi connectivity index (χ0) is 18.8. The topological polar surface area (TPSA) is 50.2 Å². The molecule has 1 aliphatic heterocycles. The highest BCUT2D eigenvalue weighted by Gasteiger charge is 2.28. The van der Waals surface area contributed by atoms with Crippen molar-refractivity contribution < 1.29 is 9.18 Å². The number of imidazole rings is 1. The second-order valence-corrected chi connectivity index (χ2v) is 7.09. The van der Waals surface area contributed by atoms with Crippen molar-refractivity contribution in [1.82, 2.24) is 14.9 Å². The van der Waals surface area contributed by atoms with Gasteiger partial charge in [-0.2, -0.15) is 0 Å². The van der Waals surface area contributed by atoms with Crippen LogP contribution in [0.25, 0.3) is 11.0 Å². The fourth-order valence-corrected chi connectivity index (χ4v) is 3.72. The Bertz CT molecular complexity index is 950. The maximum Gasteiger partial charge on any atom is 0.225 e. The number of nitrogens with one attached hydrogen (secondary N) is 1. The first-order valence-corrected chi connectivity index (χ1v) is 9.30. The molecule has 1 amide bonds. The molecule has 140 valence electrons. The van der Waals surface area contributed by atoms with E-state index < -0.39 is 0 Å². The standard InChI is InChI=1S/C21H23FN4O/c1-25-19-7-3-2-6-18(19)24-21(25)26-12-4-5-16(14-26)20(27)23-13-15-8-10-17(22)11-9-15/h2-3,6-11,16H,4-5,12-14H2,1H3,(H,23,27)/t16-/m0/s1. The predicted molar refractivity (Wildman–Crippen MR) is 104 cm³/mol. The Morgan fingerprint density at radius 3 is 2.78 bits per heavy atom. The minimum atomic E-state index is -0.268. The monoisotopic (exact) mass is 366 g/mol. The molecule has 1 atom stereocenters. The van der Waals surface area contributed by atoms with Gasteiger partial charge in [0.05, 0.1) is 17.0 Å². The summed E-state index contributed by atoms with van der Waals surface area (Å²) < 4.78 is 15.1. The predicted octanol–water partition coefficient (Wildman–Crippen LogP) is 3.25. The minimum Gasteiger partial charge on any atom is -0.352 e. The number of aryl methyl sites for hydroxylation is 1. The number of amides is 1. The number of carbonyl (C=O) groups is 1. The molecule has 0 radical (unpaired) electrons. The molecule has 6 heteroatoms. The first-order valence-electron chi connectivity index (χ1n) is 9.30. The van der Waals surface area contributed by atoms with Crippen molar-refractivity contribution in [2.24, 2.45) is 13.0 Å². The Morgan fingerprint density at radius 2 is 2.00 bits per heavy atom. The van der Waals surface area contributed by atoms with Gasteiger partial charge in [0.2, 0.25) is 11.9 Å². The largest absolute Gasteiger partial charge is 0.352 e. The van der Waals surface area contributed by atoms with Gasteiger partial charge in [-0.15, -0.1) is 0 Å². The van der Waals surface area contributed by atoms with E-state index in [9.17, 15) is 9.18 Å². The van der Waals surface area contributed by atoms with Gasteiger partial charge in [-0.25, -0.2) is 9.37 Å². The molecule has 0 bridgehead atoms. The van der Waals surface area contributed by atoms with Crippen molar-refractivity contribution in [1.29, 1.82) is 0 Å². The zero-order valence-electron chi connectivity index (χ0n) is 15.4. The molecule has 5 nitrogen and oxygen atoms in total. The zero-order valence-corrected chi connectivity index (χ0v) is 15.4. The van der Waals surface area contributed by atoms with Crippen LogP contribution in [0.2, 0.25) is 0 Å². The normalized spacial score (nSPS) is 17.3. The van der Waals surface area contributed by atoms with Crippen LogP contribution in [0.4, 0.5) is 10.3 Å². The van der Waals surface area contributed by atoms with Crippen LogP contribution in [-0.2, 0) is 18.4 Å². The summed E-state index contributed by atoms with van der Waals surface area (Å²) in [6.45, 7) is 1.98. The fraction of sp³-hybridized carbons (Fsp3) is 0.333. The lowest BCUT2D eigenvalue weighted by Crippen LogP contribution is -2.43. The summed E-state index contributed by atoms with van der Waals surface area (Å²) >= 11 is 0. The van der Waals surface area contributed by atoms with E-state index >= 15 is 0 Å². The maximum absolute atomic E-state index is 13.0. The van der Waals surface area contributed by atoms with Gasteiger partial charge >= 0.3 is 0 Å². The number of aromatic nitrogens is 2. The molecule has 1 aliphatic rings. The Hall–Kier alpha value is -2.89. The molecule has 2 heterocycles. The number of halogens is 1. The molecule has 27 heavy (non-hydrogen) atoms. The van der Waals surface area contributed by atoms with Gasteiger partial charge in [0.25, 0.3) is 0 Å². The van der Waals surface area contributed by atoms with E-state index in [1.165, 1.54) is 12.1 Å². The number of rotatable bonds is 4. The number of hydrogen-bond donors (Lipinski definition) is 1. The van der Waals surface area contributed by atoms with Crippen molar-refractivity contribution in [3.05, 3.63) is 59.9 Å². The van der Waals surface area contributed by atoms with Crippen LogP contribution in [-0.4, -0.2) is 28.5 Å². The lowest BCUT2D eigenvalue weighted by Gasteiger charge is -2.32. The Morgan fingerprint density at radius 1 is 1.22 bits per heavy atom. The number of anilines is 1. The number of hydrogen-bond acceptors (Lipinski definition) is 3. The van der Waals surface area contributed by atoms with Crippen molar-refractivity contribution in [3.8, 4) is 0 Å².